The number of nitrogens with two attached hydrogens (primary N) is 1. The van der Waals surface area contributed by atoms with Gasteiger partial charge in [-0.2, -0.15) is 0 Å². The minimum atomic E-state index is -0.738. The maximum absolute atomic E-state index is 13.7. The Morgan fingerprint density at radius 1 is 1.19 bits per heavy atom. The zero-order chi connectivity index (χ0) is 26.0. The summed E-state index contributed by atoms with van der Waals surface area (Å²) in [5, 5.41) is 0.610. The maximum atomic E-state index is 13.7. The lowest BCUT2D eigenvalue weighted by atomic mass is 9.71. The van der Waals surface area contributed by atoms with Gasteiger partial charge in [-0.05, 0) is 50.3 Å². The molecule has 11 heteroatoms. The number of amides is 3. The lowest BCUT2D eigenvalue weighted by Crippen LogP contribution is -2.50. The highest BCUT2D eigenvalue weighted by molar-refractivity contribution is 6.31. The van der Waals surface area contributed by atoms with Gasteiger partial charge in [-0.1, -0.05) is 17.7 Å². The average molecular weight is 529 g/mol. The first-order chi connectivity index (χ1) is 17.9. The lowest BCUT2D eigenvalue weighted by molar-refractivity contribution is -0.127. The fourth-order valence-corrected chi connectivity index (χ4v) is 6.14. The number of aromatic amines is 1. The second-order valence-corrected chi connectivity index (χ2v) is 10.6. The van der Waals surface area contributed by atoms with Crippen molar-refractivity contribution in [1.82, 2.24) is 19.8 Å². The molecule has 3 aliphatic rings. The van der Waals surface area contributed by atoms with Crippen LogP contribution >= 0.6 is 11.6 Å². The number of rotatable bonds is 7. The van der Waals surface area contributed by atoms with E-state index < -0.39 is 11.3 Å². The molecule has 3 N–H and O–H groups in total. The molecule has 0 radical (unpaired) electrons. The van der Waals surface area contributed by atoms with Gasteiger partial charge in [0.1, 0.15) is 5.69 Å². The van der Waals surface area contributed by atoms with Crippen molar-refractivity contribution in [3.63, 3.8) is 0 Å². The molecule has 2 saturated heterocycles. The normalized spacial score (nSPS) is 24.5. The molecule has 5 rings (SSSR count). The molecule has 1 aromatic carbocycles. The minimum absolute atomic E-state index is 0.0446. The number of primary amides is 1. The van der Waals surface area contributed by atoms with E-state index in [9.17, 15) is 14.4 Å². The Bertz CT molecular complexity index is 1160. The van der Waals surface area contributed by atoms with Crippen molar-refractivity contribution < 1.29 is 19.1 Å². The molecule has 2 aromatic rings. The predicted octanol–water partition coefficient (Wildman–Crippen LogP) is 2.30. The molecule has 198 valence electrons. The van der Waals surface area contributed by atoms with E-state index in [1.807, 2.05) is 28.0 Å². The molecule has 0 bridgehead atoms. The summed E-state index contributed by atoms with van der Waals surface area (Å²) < 4.78 is 5.45. The van der Waals surface area contributed by atoms with Gasteiger partial charge >= 0.3 is 0 Å². The third kappa shape index (κ3) is 5.23. The van der Waals surface area contributed by atoms with Gasteiger partial charge in [0, 0.05) is 49.5 Å². The average Bonchev–Trinajstić information content (AvgIpc) is 3.52. The number of anilines is 1. The van der Waals surface area contributed by atoms with Gasteiger partial charge in [0.25, 0.3) is 11.8 Å². The summed E-state index contributed by atoms with van der Waals surface area (Å²) in [5.74, 6) is -0.874. The van der Waals surface area contributed by atoms with Crippen LogP contribution in [0, 0.1) is 5.41 Å². The van der Waals surface area contributed by atoms with E-state index in [4.69, 9.17) is 22.1 Å². The fourth-order valence-electron chi connectivity index (χ4n) is 5.95. The molecule has 3 fully saturated rings. The van der Waals surface area contributed by atoms with E-state index in [0.717, 1.165) is 25.2 Å². The SMILES string of the molecule is NC(=O)c1nc[nH]c1C(=O)N(CCN1CCOCC1)C1CCC2(CC1)CCN(c1cccc(Cl)c1)C2=O. The van der Waals surface area contributed by atoms with E-state index in [0.29, 0.717) is 63.6 Å². The number of morpholine rings is 1. The van der Waals surface area contributed by atoms with Crippen molar-refractivity contribution in [2.24, 2.45) is 11.1 Å². The molecule has 37 heavy (non-hydrogen) atoms. The van der Waals surface area contributed by atoms with Gasteiger partial charge in [0.15, 0.2) is 5.69 Å². The Kier molecular flexibility index (Phi) is 7.50. The number of hydrogen-bond acceptors (Lipinski definition) is 6. The van der Waals surface area contributed by atoms with Crippen LogP contribution in [0.25, 0.3) is 0 Å². The molecule has 10 nitrogen and oxygen atoms in total. The van der Waals surface area contributed by atoms with Gasteiger partial charge in [-0.25, -0.2) is 4.98 Å². The Morgan fingerprint density at radius 2 is 1.95 bits per heavy atom. The van der Waals surface area contributed by atoms with Crippen LogP contribution in [0.5, 0.6) is 0 Å². The van der Waals surface area contributed by atoms with E-state index >= 15 is 0 Å². The molecule has 0 unspecified atom stereocenters. The highest BCUT2D eigenvalue weighted by Crippen LogP contribution is 2.47. The monoisotopic (exact) mass is 528 g/mol. The highest BCUT2D eigenvalue weighted by atomic mass is 35.5. The van der Waals surface area contributed by atoms with Crippen molar-refractivity contribution in [2.45, 2.75) is 38.1 Å². The lowest BCUT2D eigenvalue weighted by Gasteiger charge is -2.41. The van der Waals surface area contributed by atoms with E-state index in [1.165, 1.54) is 6.33 Å². The molecule has 1 aromatic heterocycles. The first kappa shape index (κ1) is 25.7. The maximum Gasteiger partial charge on any atom is 0.273 e. The van der Waals surface area contributed by atoms with Gasteiger partial charge in [-0.15, -0.1) is 0 Å². The summed E-state index contributed by atoms with van der Waals surface area (Å²) >= 11 is 6.17. The minimum Gasteiger partial charge on any atom is -0.379 e. The molecule has 0 atom stereocenters. The molecule has 1 aliphatic carbocycles. The van der Waals surface area contributed by atoms with E-state index in [-0.39, 0.29) is 29.2 Å². The van der Waals surface area contributed by atoms with Crippen LogP contribution in [0.2, 0.25) is 5.02 Å². The molecule has 1 saturated carbocycles. The van der Waals surface area contributed by atoms with Gasteiger partial charge in [-0.3, -0.25) is 19.3 Å². The number of imidazole rings is 1. The summed E-state index contributed by atoms with van der Waals surface area (Å²) in [4.78, 5) is 51.8. The summed E-state index contributed by atoms with van der Waals surface area (Å²) in [6, 6.07) is 7.37. The fraction of sp³-hybridized carbons (Fsp3) is 0.538. The summed E-state index contributed by atoms with van der Waals surface area (Å²) in [6.45, 7) is 4.88. The Balaban J connectivity index is 1.30. The zero-order valence-electron chi connectivity index (χ0n) is 20.8. The third-order valence-electron chi connectivity index (χ3n) is 8.09. The van der Waals surface area contributed by atoms with E-state index in [2.05, 4.69) is 14.9 Å². The molecule has 2 aliphatic heterocycles. The van der Waals surface area contributed by atoms with Crippen molar-refractivity contribution in [3.05, 3.63) is 47.0 Å². The second-order valence-electron chi connectivity index (χ2n) is 10.1. The summed E-state index contributed by atoms with van der Waals surface area (Å²) in [6.07, 6.45) is 4.96. The predicted molar refractivity (Wildman–Crippen MR) is 139 cm³/mol. The number of H-pyrrole nitrogens is 1. The van der Waals surface area contributed by atoms with Crippen LogP contribution in [0.3, 0.4) is 0 Å². The van der Waals surface area contributed by atoms with Gasteiger partial charge in [0.2, 0.25) is 5.91 Å². The number of hydrogen-bond donors (Lipinski definition) is 2. The zero-order valence-corrected chi connectivity index (χ0v) is 21.6. The first-order valence-corrected chi connectivity index (χ1v) is 13.3. The van der Waals surface area contributed by atoms with Crippen molar-refractivity contribution in [1.29, 1.82) is 0 Å². The van der Waals surface area contributed by atoms with Crippen LogP contribution in [0.15, 0.2) is 30.6 Å². The smallest absolute Gasteiger partial charge is 0.273 e. The largest absolute Gasteiger partial charge is 0.379 e. The summed E-state index contributed by atoms with van der Waals surface area (Å²) in [7, 11) is 0. The number of nitrogens with zero attached hydrogens (tertiary/aromatic N) is 4. The highest BCUT2D eigenvalue weighted by Gasteiger charge is 2.49. The Labute approximate surface area is 221 Å². The Morgan fingerprint density at radius 3 is 2.65 bits per heavy atom. The first-order valence-electron chi connectivity index (χ1n) is 12.9. The molecular formula is C26H33ClN6O4. The molecule has 3 heterocycles. The number of ether oxygens (including phenoxy) is 1. The second kappa shape index (κ2) is 10.8. The molecular weight excluding hydrogens is 496 g/mol. The number of nitrogens with one attached hydrogen (secondary N) is 1. The quantitative estimate of drug-likeness (QED) is 0.568. The molecule has 1 spiro atoms. The van der Waals surface area contributed by atoms with Gasteiger partial charge in [0.05, 0.1) is 25.0 Å². The van der Waals surface area contributed by atoms with Crippen molar-refractivity contribution >= 4 is 35.0 Å². The topological polar surface area (TPSA) is 125 Å². The standard InChI is InChI=1S/C26H33ClN6O4/c27-18-2-1-3-20(16-18)33-9-8-26(25(33)36)6-4-19(5-7-26)32(11-10-31-12-14-37-15-13-31)24(35)22-21(23(28)34)29-17-30-22/h1-3,16-17,19H,4-15H2,(H2,28,34)(H,29,30). The number of carbonyl (C=O) groups is 3. The summed E-state index contributed by atoms with van der Waals surface area (Å²) in [5.41, 5.74) is 5.96. The van der Waals surface area contributed by atoms with Crippen LogP contribution < -0.4 is 10.6 Å². The van der Waals surface area contributed by atoms with Crippen LogP contribution in [-0.2, 0) is 9.53 Å². The van der Waals surface area contributed by atoms with Crippen molar-refractivity contribution in [3.8, 4) is 0 Å². The number of carbonyl (C=O) groups excluding carboxylic acids is 3. The third-order valence-corrected chi connectivity index (χ3v) is 8.33. The van der Waals surface area contributed by atoms with Crippen LogP contribution in [-0.4, -0.2) is 89.5 Å². The number of aromatic nitrogens is 2. The molecule has 3 amide bonds. The van der Waals surface area contributed by atoms with Gasteiger partial charge < -0.3 is 25.3 Å². The van der Waals surface area contributed by atoms with E-state index in [1.54, 1.807) is 6.07 Å². The number of halogens is 1. The van der Waals surface area contributed by atoms with Crippen LogP contribution in [0.1, 0.15) is 53.1 Å². The Hall–Kier alpha value is -2.95. The number of benzene rings is 1. The van der Waals surface area contributed by atoms with Crippen LogP contribution in [0.4, 0.5) is 5.69 Å². The van der Waals surface area contributed by atoms with Crippen molar-refractivity contribution in [2.75, 3.05) is 50.8 Å².